The first kappa shape index (κ1) is 25.4. The first-order chi connectivity index (χ1) is 17.1. The molecule has 0 spiro atoms. The second kappa shape index (κ2) is 12.3. The molecule has 1 saturated heterocycles. The summed E-state index contributed by atoms with van der Waals surface area (Å²) in [5, 5.41) is 9.99. The average molecular weight is 477 g/mol. The minimum Gasteiger partial charge on any atom is -0.369 e. The molecular formula is C29H40N4O2. The minimum absolute atomic E-state index is 0.0947. The Balaban J connectivity index is 1.27. The summed E-state index contributed by atoms with van der Waals surface area (Å²) in [6.45, 7) is 1.93. The van der Waals surface area contributed by atoms with Crippen LogP contribution in [0, 0.1) is 5.92 Å². The predicted octanol–water partition coefficient (Wildman–Crippen LogP) is 3.25. The number of hydrogen-bond acceptors (Lipinski definition) is 4. The number of unbranched alkanes of at least 4 members (excludes halogenated alkanes) is 2. The SMILES string of the molecule is NC(=O)C(c1ccccc1)(c1ccccc1)C1CNC(CCCCCNC(=O)CNC2CCC2)C1. The number of carbonyl (C=O) groups excluding carboxylic acids is 2. The van der Waals surface area contributed by atoms with Gasteiger partial charge in [0.1, 0.15) is 5.41 Å². The van der Waals surface area contributed by atoms with Gasteiger partial charge in [-0.15, -0.1) is 0 Å². The van der Waals surface area contributed by atoms with Crippen LogP contribution in [0.25, 0.3) is 0 Å². The van der Waals surface area contributed by atoms with Crippen molar-refractivity contribution in [2.45, 2.75) is 68.9 Å². The summed E-state index contributed by atoms with van der Waals surface area (Å²) in [5.41, 5.74) is 7.27. The average Bonchev–Trinajstić information content (AvgIpc) is 3.31. The van der Waals surface area contributed by atoms with E-state index in [2.05, 4.69) is 16.0 Å². The Morgan fingerprint density at radius 1 is 0.943 bits per heavy atom. The zero-order valence-electron chi connectivity index (χ0n) is 20.7. The monoisotopic (exact) mass is 476 g/mol. The topological polar surface area (TPSA) is 96.2 Å². The van der Waals surface area contributed by atoms with Gasteiger partial charge in [0, 0.05) is 18.6 Å². The number of nitrogens with one attached hydrogen (secondary N) is 3. The van der Waals surface area contributed by atoms with E-state index in [0.29, 0.717) is 18.6 Å². The highest BCUT2D eigenvalue weighted by molar-refractivity contribution is 5.91. The lowest BCUT2D eigenvalue weighted by atomic mass is 9.64. The third-order valence-corrected chi connectivity index (χ3v) is 7.89. The van der Waals surface area contributed by atoms with Crippen LogP contribution in [0.4, 0.5) is 0 Å². The van der Waals surface area contributed by atoms with Crippen LogP contribution < -0.4 is 21.7 Å². The lowest BCUT2D eigenvalue weighted by molar-refractivity contribution is -0.123. The standard InChI is InChI=1S/C29H40N4O2/c30-28(35)29(22-11-4-1-5-12-22,23-13-6-2-7-14-23)24-19-26(32-20-24)15-8-3-9-18-31-27(34)21-33-25-16-10-17-25/h1-2,4-7,11-14,24-26,32-33H,3,8-10,15-21H2,(H2,30,35)(H,31,34). The maximum absolute atomic E-state index is 13.2. The van der Waals surface area contributed by atoms with Crippen LogP contribution in [0.1, 0.15) is 62.5 Å². The maximum Gasteiger partial charge on any atom is 0.233 e. The molecule has 0 radical (unpaired) electrons. The number of carbonyl (C=O) groups is 2. The fourth-order valence-electron chi connectivity index (χ4n) is 5.73. The Labute approximate surface area is 209 Å². The zero-order chi connectivity index (χ0) is 24.5. The number of primary amides is 1. The summed E-state index contributed by atoms with van der Waals surface area (Å²) in [6.07, 6.45) is 8.81. The van der Waals surface area contributed by atoms with Gasteiger partial charge in [0.05, 0.1) is 6.54 Å². The van der Waals surface area contributed by atoms with E-state index in [1.54, 1.807) is 0 Å². The highest BCUT2D eigenvalue weighted by atomic mass is 16.2. The first-order valence-corrected chi connectivity index (χ1v) is 13.2. The summed E-state index contributed by atoms with van der Waals surface area (Å²) >= 11 is 0. The van der Waals surface area contributed by atoms with Gasteiger partial charge in [-0.2, -0.15) is 0 Å². The van der Waals surface area contributed by atoms with E-state index in [1.807, 2.05) is 60.7 Å². The Kier molecular flexibility index (Phi) is 8.94. The molecule has 2 aromatic rings. The number of nitrogens with two attached hydrogens (primary N) is 1. The minimum atomic E-state index is -0.845. The summed E-state index contributed by atoms with van der Waals surface area (Å²) in [5.74, 6) is -0.0936. The van der Waals surface area contributed by atoms with Crippen molar-refractivity contribution in [1.82, 2.24) is 16.0 Å². The Hall–Kier alpha value is -2.70. The zero-order valence-corrected chi connectivity index (χ0v) is 20.7. The van der Waals surface area contributed by atoms with Crippen LogP contribution in [0.15, 0.2) is 60.7 Å². The highest BCUT2D eigenvalue weighted by Crippen LogP contribution is 2.43. The van der Waals surface area contributed by atoms with Crippen LogP contribution in [-0.2, 0) is 15.0 Å². The van der Waals surface area contributed by atoms with E-state index < -0.39 is 5.41 Å². The van der Waals surface area contributed by atoms with Gasteiger partial charge in [-0.3, -0.25) is 9.59 Å². The second-order valence-corrected chi connectivity index (χ2v) is 10.2. The van der Waals surface area contributed by atoms with Gasteiger partial charge >= 0.3 is 0 Å². The molecule has 2 atom stereocenters. The van der Waals surface area contributed by atoms with Crippen molar-refractivity contribution >= 4 is 11.8 Å². The van der Waals surface area contributed by atoms with E-state index in [1.165, 1.54) is 19.3 Å². The van der Waals surface area contributed by atoms with E-state index in [-0.39, 0.29) is 17.7 Å². The number of benzene rings is 2. The molecule has 2 fully saturated rings. The molecule has 2 unspecified atom stereocenters. The van der Waals surface area contributed by atoms with Gasteiger partial charge in [-0.05, 0) is 55.7 Å². The lowest BCUT2D eigenvalue weighted by Crippen LogP contribution is -2.49. The Bertz CT molecular complexity index is 906. The molecule has 6 nitrogen and oxygen atoms in total. The molecule has 1 aliphatic heterocycles. The van der Waals surface area contributed by atoms with E-state index in [4.69, 9.17) is 5.73 Å². The van der Waals surface area contributed by atoms with Gasteiger partial charge in [0.25, 0.3) is 0 Å². The number of rotatable bonds is 13. The van der Waals surface area contributed by atoms with Crippen molar-refractivity contribution in [1.29, 1.82) is 0 Å². The van der Waals surface area contributed by atoms with E-state index >= 15 is 0 Å². The third kappa shape index (κ3) is 6.11. The van der Waals surface area contributed by atoms with E-state index in [9.17, 15) is 9.59 Å². The van der Waals surface area contributed by atoms with Crippen molar-refractivity contribution < 1.29 is 9.59 Å². The molecule has 6 heteroatoms. The van der Waals surface area contributed by atoms with Crippen molar-refractivity contribution in [2.24, 2.45) is 11.7 Å². The molecule has 2 aliphatic rings. The van der Waals surface area contributed by atoms with Crippen molar-refractivity contribution in [2.75, 3.05) is 19.6 Å². The van der Waals surface area contributed by atoms with Crippen molar-refractivity contribution in [3.63, 3.8) is 0 Å². The molecule has 188 valence electrons. The molecule has 35 heavy (non-hydrogen) atoms. The van der Waals surface area contributed by atoms with E-state index in [0.717, 1.165) is 56.3 Å². The lowest BCUT2D eigenvalue weighted by Gasteiger charge is -2.37. The molecule has 1 aliphatic carbocycles. The van der Waals surface area contributed by atoms with Gasteiger partial charge in [-0.1, -0.05) is 79.9 Å². The summed E-state index contributed by atoms with van der Waals surface area (Å²) in [4.78, 5) is 25.1. The van der Waals surface area contributed by atoms with Gasteiger partial charge < -0.3 is 21.7 Å². The van der Waals surface area contributed by atoms with Crippen LogP contribution in [-0.4, -0.2) is 43.5 Å². The molecule has 4 rings (SSSR count). The number of amides is 2. The third-order valence-electron chi connectivity index (χ3n) is 7.89. The van der Waals surface area contributed by atoms with Crippen LogP contribution in [0.2, 0.25) is 0 Å². The summed E-state index contributed by atoms with van der Waals surface area (Å²) < 4.78 is 0. The molecule has 0 aromatic heterocycles. The van der Waals surface area contributed by atoms with Crippen LogP contribution in [0.3, 0.4) is 0 Å². The van der Waals surface area contributed by atoms with Gasteiger partial charge in [0.2, 0.25) is 11.8 Å². The second-order valence-electron chi connectivity index (χ2n) is 10.2. The smallest absolute Gasteiger partial charge is 0.233 e. The Morgan fingerprint density at radius 3 is 2.17 bits per heavy atom. The fourth-order valence-corrected chi connectivity index (χ4v) is 5.73. The fraction of sp³-hybridized carbons (Fsp3) is 0.517. The molecular weight excluding hydrogens is 436 g/mol. The quantitative estimate of drug-likeness (QED) is 0.334. The highest BCUT2D eigenvalue weighted by Gasteiger charge is 2.49. The number of hydrogen-bond donors (Lipinski definition) is 4. The molecule has 1 heterocycles. The molecule has 1 saturated carbocycles. The predicted molar refractivity (Wildman–Crippen MR) is 140 cm³/mol. The maximum atomic E-state index is 13.2. The Morgan fingerprint density at radius 2 is 1.60 bits per heavy atom. The van der Waals surface area contributed by atoms with Gasteiger partial charge in [0.15, 0.2) is 0 Å². The molecule has 2 amide bonds. The van der Waals surface area contributed by atoms with Crippen molar-refractivity contribution in [3.05, 3.63) is 71.8 Å². The normalized spacial score (nSPS) is 20.3. The van der Waals surface area contributed by atoms with Gasteiger partial charge in [-0.25, -0.2) is 0 Å². The first-order valence-electron chi connectivity index (χ1n) is 13.2. The molecule has 0 bridgehead atoms. The van der Waals surface area contributed by atoms with Crippen LogP contribution in [0.5, 0.6) is 0 Å². The molecule has 2 aromatic carbocycles. The molecule has 5 N–H and O–H groups in total. The summed E-state index contributed by atoms with van der Waals surface area (Å²) in [6, 6.07) is 20.9. The summed E-state index contributed by atoms with van der Waals surface area (Å²) in [7, 11) is 0. The van der Waals surface area contributed by atoms with Crippen LogP contribution >= 0.6 is 0 Å². The van der Waals surface area contributed by atoms with Crippen molar-refractivity contribution in [3.8, 4) is 0 Å². The largest absolute Gasteiger partial charge is 0.369 e.